The first kappa shape index (κ1) is 10.7. The Morgan fingerprint density at radius 3 is 2.50 bits per heavy atom. The standard InChI is InChI=1S/C9H17N5/c1-4-14(5-2)9-7(3)8(13-10)11-6-12-9/h6H,4-5,10H2,1-3H3,(H,11,12,13). The summed E-state index contributed by atoms with van der Waals surface area (Å²) in [4.78, 5) is 10.4. The average molecular weight is 195 g/mol. The van der Waals surface area contributed by atoms with Crippen molar-refractivity contribution in [2.45, 2.75) is 20.8 Å². The topological polar surface area (TPSA) is 67.1 Å². The first-order chi connectivity index (χ1) is 6.74. The molecule has 0 aliphatic carbocycles. The van der Waals surface area contributed by atoms with Crippen LogP contribution < -0.4 is 16.2 Å². The van der Waals surface area contributed by atoms with Gasteiger partial charge in [-0.05, 0) is 20.8 Å². The molecule has 5 heteroatoms. The van der Waals surface area contributed by atoms with Crippen molar-refractivity contribution < 1.29 is 0 Å². The van der Waals surface area contributed by atoms with Crippen molar-refractivity contribution in [3.05, 3.63) is 11.9 Å². The van der Waals surface area contributed by atoms with Gasteiger partial charge in [0.25, 0.3) is 0 Å². The van der Waals surface area contributed by atoms with Crippen LogP contribution in [0, 0.1) is 6.92 Å². The van der Waals surface area contributed by atoms with Gasteiger partial charge in [-0.3, -0.25) is 0 Å². The number of anilines is 2. The lowest BCUT2D eigenvalue weighted by Gasteiger charge is -2.22. The summed E-state index contributed by atoms with van der Waals surface area (Å²) in [6.07, 6.45) is 1.52. The van der Waals surface area contributed by atoms with Gasteiger partial charge in [-0.25, -0.2) is 15.8 Å². The Morgan fingerprint density at radius 2 is 2.00 bits per heavy atom. The van der Waals surface area contributed by atoms with E-state index in [4.69, 9.17) is 5.84 Å². The van der Waals surface area contributed by atoms with E-state index in [-0.39, 0.29) is 0 Å². The lowest BCUT2D eigenvalue weighted by atomic mass is 10.3. The van der Waals surface area contributed by atoms with Crippen LogP contribution in [0.25, 0.3) is 0 Å². The summed E-state index contributed by atoms with van der Waals surface area (Å²) < 4.78 is 0. The summed E-state index contributed by atoms with van der Waals surface area (Å²) in [6.45, 7) is 8.01. The first-order valence-corrected chi connectivity index (χ1v) is 4.77. The van der Waals surface area contributed by atoms with Crippen molar-refractivity contribution in [3.8, 4) is 0 Å². The van der Waals surface area contributed by atoms with Gasteiger partial charge in [-0.2, -0.15) is 0 Å². The van der Waals surface area contributed by atoms with Gasteiger partial charge in [0.1, 0.15) is 18.0 Å². The van der Waals surface area contributed by atoms with Crippen LogP contribution >= 0.6 is 0 Å². The highest BCUT2D eigenvalue weighted by atomic mass is 15.3. The van der Waals surface area contributed by atoms with Gasteiger partial charge in [0.05, 0.1) is 0 Å². The van der Waals surface area contributed by atoms with Gasteiger partial charge < -0.3 is 10.3 Å². The molecule has 1 heterocycles. The molecular weight excluding hydrogens is 178 g/mol. The molecule has 5 nitrogen and oxygen atoms in total. The van der Waals surface area contributed by atoms with E-state index < -0.39 is 0 Å². The van der Waals surface area contributed by atoms with E-state index >= 15 is 0 Å². The molecule has 0 saturated carbocycles. The van der Waals surface area contributed by atoms with Crippen LogP contribution in [0.15, 0.2) is 6.33 Å². The Bertz CT molecular complexity index is 295. The van der Waals surface area contributed by atoms with E-state index in [1.165, 1.54) is 6.33 Å². The van der Waals surface area contributed by atoms with E-state index in [0.717, 1.165) is 24.5 Å². The van der Waals surface area contributed by atoms with Gasteiger partial charge in [-0.15, -0.1) is 0 Å². The fraction of sp³-hybridized carbons (Fsp3) is 0.556. The Balaban J connectivity index is 3.07. The molecule has 1 rings (SSSR count). The zero-order valence-corrected chi connectivity index (χ0v) is 8.91. The van der Waals surface area contributed by atoms with E-state index in [0.29, 0.717) is 5.82 Å². The minimum atomic E-state index is 0.682. The summed E-state index contributed by atoms with van der Waals surface area (Å²) >= 11 is 0. The van der Waals surface area contributed by atoms with Crippen molar-refractivity contribution in [3.63, 3.8) is 0 Å². The van der Waals surface area contributed by atoms with Crippen molar-refractivity contribution >= 4 is 11.6 Å². The Morgan fingerprint density at radius 1 is 1.36 bits per heavy atom. The van der Waals surface area contributed by atoms with Gasteiger partial charge >= 0.3 is 0 Å². The number of aromatic nitrogens is 2. The van der Waals surface area contributed by atoms with E-state index in [9.17, 15) is 0 Å². The molecule has 0 saturated heterocycles. The number of rotatable bonds is 4. The number of nitrogens with two attached hydrogens (primary N) is 1. The molecule has 0 bridgehead atoms. The Labute approximate surface area is 84.3 Å². The summed E-state index contributed by atoms with van der Waals surface area (Å²) in [5, 5.41) is 0. The minimum Gasteiger partial charge on any atom is -0.357 e. The largest absolute Gasteiger partial charge is 0.357 e. The van der Waals surface area contributed by atoms with Gasteiger partial charge in [0, 0.05) is 18.7 Å². The molecule has 1 aromatic heterocycles. The van der Waals surface area contributed by atoms with Crippen molar-refractivity contribution in [2.24, 2.45) is 5.84 Å². The van der Waals surface area contributed by atoms with Crippen molar-refractivity contribution in [2.75, 3.05) is 23.4 Å². The second-order valence-electron chi connectivity index (χ2n) is 2.99. The third-order valence-electron chi connectivity index (χ3n) is 2.26. The van der Waals surface area contributed by atoms with Crippen molar-refractivity contribution in [1.82, 2.24) is 9.97 Å². The number of nitrogen functional groups attached to an aromatic ring is 1. The molecule has 78 valence electrons. The van der Waals surface area contributed by atoms with Gasteiger partial charge in [0.15, 0.2) is 0 Å². The van der Waals surface area contributed by atoms with E-state index in [1.807, 2.05) is 6.92 Å². The number of hydrazine groups is 1. The SMILES string of the molecule is CCN(CC)c1ncnc(NN)c1C. The molecule has 0 atom stereocenters. The van der Waals surface area contributed by atoms with Crippen molar-refractivity contribution in [1.29, 1.82) is 0 Å². The molecule has 0 amide bonds. The molecule has 3 N–H and O–H groups in total. The maximum atomic E-state index is 5.34. The summed E-state index contributed by atoms with van der Waals surface area (Å²) in [5.74, 6) is 6.97. The summed E-state index contributed by atoms with van der Waals surface area (Å²) in [7, 11) is 0. The molecule has 0 aromatic carbocycles. The summed E-state index contributed by atoms with van der Waals surface area (Å²) in [6, 6.07) is 0. The number of nitrogens with one attached hydrogen (secondary N) is 1. The molecule has 0 spiro atoms. The number of hydrogen-bond donors (Lipinski definition) is 2. The second-order valence-corrected chi connectivity index (χ2v) is 2.99. The van der Waals surface area contributed by atoms with Crippen LogP contribution in [0.3, 0.4) is 0 Å². The van der Waals surface area contributed by atoms with E-state index in [2.05, 4.69) is 34.1 Å². The summed E-state index contributed by atoms with van der Waals surface area (Å²) in [5.41, 5.74) is 3.55. The highest BCUT2D eigenvalue weighted by Gasteiger charge is 2.10. The van der Waals surface area contributed by atoms with Gasteiger partial charge in [0.2, 0.25) is 0 Å². The van der Waals surface area contributed by atoms with Crippen LogP contribution in [0.1, 0.15) is 19.4 Å². The zero-order chi connectivity index (χ0) is 10.6. The lowest BCUT2D eigenvalue weighted by Crippen LogP contribution is -2.25. The predicted molar refractivity (Wildman–Crippen MR) is 58.1 cm³/mol. The molecule has 0 fully saturated rings. The van der Waals surface area contributed by atoms with Crippen LogP contribution in [-0.2, 0) is 0 Å². The highest BCUT2D eigenvalue weighted by Crippen LogP contribution is 2.20. The molecule has 14 heavy (non-hydrogen) atoms. The molecule has 0 unspecified atom stereocenters. The molecule has 1 aromatic rings. The monoisotopic (exact) mass is 195 g/mol. The molecular formula is C9H17N5. The molecule has 0 aliphatic rings. The van der Waals surface area contributed by atoms with Crippen LogP contribution in [-0.4, -0.2) is 23.1 Å². The lowest BCUT2D eigenvalue weighted by molar-refractivity contribution is 0.835. The van der Waals surface area contributed by atoms with Crippen LogP contribution in [0.4, 0.5) is 11.6 Å². The number of nitrogens with zero attached hydrogens (tertiary/aromatic N) is 3. The van der Waals surface area contributed by atoms with E-state index in [1.54, 1.807) is 0 Å². The zero-order valence-electron chi connectivity index (χ0n) is 8.91. The minimum absolute atomic E-state index is 0.682. The maximum Gasteiger partial charge on any atom is 0.148 e. The Kier molecular flexibility index (Phi) is 3.64. The number of hydrogen-bond acceptors (Lipinski definition) is 5. The maximum absolute atomic E-state index is 5.34. The smallest absolute Gasteiger partial charge is 0.148 e. The fourth-order valence-electron chi connectivity index (χ4n) is 1.43. The van der Waals surface area contributed by atoms with Crippen LogP contribution in [0.5, 0.6) is 0 Å². The third kappa shape index (κ3) is 1.93. The molecule has 0 aliphatic heterocycles. The quantitative estimate of drug-likeness (QED) is 0.552. The first-order valence-electron chi connectivity index (χ1n) is 4.77. The third-order valence-corrected chi connectivity index (χ3v) is 2.26. The molecule has 0 radical (unpaired) electrons. The predicted octanol–water partition coefficient (Wildman–Crippen LogP) is 0.917. The van der Waals surface area contributed by atoms with Gasteiger partial charge in [-0.1, -0.05) is 0 Å². The second kappa shape index (κ2) is 4.76. The highest BCUT2D eigenvalue weighted by molar-refractivity contribution is 5.57. The fourth-order valence-corrected chi connectivity index (χ4v) is 1.43. The Hall–Kier alpha value is -1.36. The van der Waals surface area contributed by atoms with Crippen LogP contribution in [0.2, 0.25) is 0 Å². The normalized spacial score (nSPS) is 10.0. The average Bonchev–Trinajstić information content (AvgIpc) is 2.22.